The van der Waals surface area contributed by atoms with Gasteiger partial charge >= 0.3 is 12.2 Å². The summed E-state index contributed by atoms with van der Waals surface area (Å²) >= 11 is 0. The lowest BCUT2D eigenvalue weighted by Crippen LogP contribution is -2.19. The maximum atomic E-state index is 12.4. The first kappa shape index (κ1) is 15.7. The predicted octanol–water partition coefficient (Wildman–Crippen LogP) is 4.36. The third-order valence-electron chi connectivity index (χ3n) is 2.94. The van der Waals surface area contributed by atoms with Gasteiger partial charge in [0.25, 0.3) is 0 Å². The third kappa shape index (κ3) is 3.91. The van der Waals surface area contributed by atoms with Crippen molar-refractivity contribution >= 4 is 17.4 Å². The molecule has 0 radical (unpaired) electrons. The van der Waals surface area contributed by atoms with E-state index < -0.39 is 17.8 Å². The molecule has 0 aliphatic rings. The van der Waals surface area contributed by atoms with E-state index in [1.807, 2.05) is 0 Å². The number of alkyl halides is 3. The SMILES string of the molecule is Cc1ccc(NC(=O)Nc2ccc(C(F)(F)F)cc2)cc1O. The zero-order chi connectivity index (χ0) is 16.3. The van der Waals surface area contributed by atoms with Gasteiger partial charge in [-0.05, 0) is 42.8 Å². The highest BCUT2D eigenvalue weighted by Crippen LogP contribution is 2.29. The number of carbonyl (C=O) groups is 1. The molecule has 0 heterocycles. The topological polar surface area (TPSA) is 61.4 Å². The first-order valence-corrected chi connectivity index (χ1v) is 6.30. The fourth-order valence-corrected chi connectivity index (χ4v) is 1.72. The van der Waals surface area contributed by atoms with Crippen molar-refractivity contribution in [1.82, 2.24) is 0 Å². The van der Waals surface area contributed by atoms with Gasteiger partial charge in [-0.15, -0.1) is 0 Å². The average molecular weight is 310 g/mol. The minimum atomic E-state index is -4.42. The number of phenols is 1. The number of phenolic OH excluding ortho intramolecular Hbond substituents is 1. The van der Waals surface area contributed by atoms with E-state index in [9.17, 15) is 23.1 Å². The van der Waals surface area contributed by atoms with E-state index in [0.717, 1.165) is 24.3 Å². The molecule has 116 valence electrons. The largest absolute Gasteiger partial charge is 0.508 e. The summed E-state index contributed by atoms with van der Waals surface area (Å²) in [5.41, 5.74) is 0.463. The van der Waals surface area contributed by atoms with Crippen molar-refractivity contribution < 1.29 is 23.1 Å². The number of halogens is 3. The number of nitrogens with one attached hydrogen (secondary N) is 2. The van der Waals surface area contributed by atoms with Crippen LogP contribution in [-0.4, -0.2) is 11.1 Å². The van der Waals surface area contributed by atoms with Gasteiger partial charge in [-0.25, -0.2) is 4.79 Å². The highest BCUT2D eigenvalue weighted by atomic mass is 19.4. The number of benzene rings is 2. The molecule has 2 aromatic carbocycles. The Kier molecular flexibility index (Phi) is 4.25. The van der Waals surface area contributed by atoms with Crippen LogP contribution in [0.15, 0.2) is 42.5 Å². The summed E-state index contributed by atoms with van der Waals surface area (Å²) in [5.74, 6) is 0.0346. The molecule has 0 fully saturated rings. The van der Waals surface area contributed by atoms with Crippen LogP contribution in [0, 0.1) is 6.92 Å². The Labute approximate surface area is 124 Å². The molecule has 22 heavy (non-hydrogen) atoms. The molecule has 0 aliphatic carbocycles. The Morgan fingerprint density at radius 1 is 1.00 bits per heavy atom. The lowest BCUT2D eigenvalue weighted by Gasteiger charge is -2.10. The fraction of sp³-hybridized carbons (Fsp3) is 0.133. The molecular weight excluding hydrogens is 297 g/mol. The maximum absolute atomic E-state index is 12.4. The average Bonchev–Trinajstić information content (AvgIpc) is 2.42. The smallest absolute Gasteiger partial charge is 0.416 e. The van der Waals surface area contributed by atoms with Gasteiger partial charge in [0, 0.05) is 17.4 Å². The first-order chi connectivity index (χ1) is 10.3. The number of aromatic hydroxyl groups is 1. The van der Waals surface area contributed by atoms with Gasteiger partial charge in [0.2, 0.25) is 0 Å². The number of rotatable bonds is 2. The predicted molar refractivity (Wildman–Crippen MR) is 76.9 cm³/mol. The van der Waals surface area contributed by atoms with Crippen molar-refractivity contribution in [2.75, 3.05) is 10.6 Å². The Morgan fingerprint density at radius 2 is 1.55 bits per heavy atom. The van der Waals surface area contributed by atoms with Gasteiger partial charge < -0.3 is 15.7 Å². The van der Waals surface area contributed by atoms with Crippen LogP contribution in [0.1, 0.15) is 11.1 Å². The first-order valence-electron chi connectivity index (χ1n) is 6.30. The molecule has 7 heteroatoms. The van der Waals surface area contributed by atoms with Crippen LogP contribution in [0.4, 0.5) is 29.3 Å². The van der Waals surface area contributed by atoms with E-state index in [1.165, 1.54) is 6.07 Å². The normalized spacial score (nSPS) is 11.1. The van der Waals surface area contributed by atoms with Crippen molar-refractivity contribution in [3.8, 4) is 5.75 Å². The van der Waals surface area contributed by atoms with Crippen LogP contribution in [0.25, 0.3) is 0 Å². The van der Waals surface area contributed by atoms with Gasteiger partial charge in [0.15, 0.2) is 0 Å². The standard InChI is InChI=1S/C15H13F3N2O2/c1-9-2-5-12(8-13(9)21)20-14(22)19-11-6-3-10(4-7-11)15(16,17)18/h2-8,21H,1H3,(H2,19,20,22). The molecule has 0 atom stereocenters. The molecule has 3 N–H and O–H groups in total. The lowest BCUT2D eigenvalue weighted by atomic mass is 10.2. The Bertz CT molecular complexity index is 682. The lowest BCUT2D eigenvalue weighted by molar-refractivity contribution is -0.137. The van der Waals surface area contributed by atoms with Gasteiger partial charge in [-0.2, -0.15) is 13.2 Å². The summed E-state index contributed by atoms with van der Waals surface area (Å²) in [6, 6.07) is 8.07. The molecule has 0 bridgehead atoms. The van der Waals surface area contributed by atoms with Gasteiger partial charge in [0.05, 0.1) is 5.56 Å². The van der Waals surface area contributed by atoms with Crippen LogP contribution in [-0.2, 0) is 6.18 Å². The number of hydrogen-bond acceptors (Lipinski definition) is 2. The molecule has 2 aromatic rings. The summed E-state index contributed by atoms with van der Waals surface area (Å²) in [4.78, 5) is 11.7. The van der Waals surface area contributed by atoms with Crippen molar-refractivity contribution in [1.29, 1.82) is 0 Å². The second-order valence-electron chi connectivity index (χ2n) is 4.66. The molecule has 0 saturated carbocycles. The molecular formula is C15H13F3N2O2. The number of anilines is 2. The maximum Gasteiger partial charge on any atom is 0.416 e. The number of carbonyl (C=O) groups excluding carboxylic acids is 1. The fourth-order valence-electron chi connectivity index (χ4n) is 1.72. The summed E-state index contributed by atoms with van der Waals surface area (Å²) in [6.07, 6.45) is -4.42. The zero-order valence-corrected chi connectivity index (χ0v) is 11.5. The second-order valence-corrected chi connectivity index (χ2v) is 4.66. The van der Waals surface area contributed by atoms with E-state index in [2.05, 4.69) is 10.6 Å². The molecule has 2 amide bonds. The van der Waals surface area contributed by atoms with E-state index >= 15 is 0 Å². The molecule has 0 aliphatic heterocycles. The van der Waals surface area contributed by atoms with Crippen LogP contribution in [0.3, 0.4) is 0 Å². The quantitative estimate of drug-likeness (QED) is 0.771. The van der Waals surface area contributed by atoms with Crippen molar-refractivity contribution in [2.24, 2.45) is 0 Å². The van der Waals surface area contributed by atoms with Crippen LogP contribution < -0.4 is 10.6 Å². The number of aryl methyl sites for hydroxylation is 1. The highest BCUT2D eigenvalue weighted by molar-refractivity contribution is 5.99. The summed E-state index contributed by atoms with van der Waals surface area (Å²) < 4.78 is 37.2. The number of hydrogen-bond donors (Lipinski definition) is 3. The van der Waals surface area contributed by atoms with Gasteiger partial charge in [-0.1, -0.05) is 6.07 Å². The van der Waals surface area contributed by atoms with Gasteiger partial charge in [-0.3, -0.25) is 0 Å². The molecule has 0 unspecified atom stereocenters. The van der Waals surface area contributed by atoms with Crippen LogP contribution >= 0.6 is 0 Å². The van der Waals surface area contributed by atoms with Crippen molar-refractivity contribution in [3.63, 3.8) is 0 Å². The molecule has 4 nitrogen and oxygen atoms in total. The highest BCUT2D eigenvalue weighted by Gasteiger charge is 2.29. The molecule has 0 saturated heterocycles. The minimum absolute atomic E-state index is 0.0346. The minimum Gasteiger partial charge on any atom is -0.508 e. The number of amides is 2. The van der Waals surface area contributed by atoms with E-state index in [1.54, 1.807) is 19.1 Å². The third-order valence-corrected chi connectivity index (χ3v) is 2.94. The van der Waals surface area contributed by atoms with E-state index in [0.29, 0.717) is 11.3 Å². The van der Waals surface area contributed by atoms with Crippen molar-refractivity contribution in [2.45, 2.75) is 13.1 Å². The zero-order valence-electron chi connectivity index (χ0n) is 11.5. The monoisotopic (exact) mass is 310 g/mol. The summed E-state index contributed by atoms with van der Waals surface area (Å²) in [6.45, 7) is 1.71. The Morgan fingerprint density at radius 3 is 2.09 bits per heavy atom. The summed E-state index contributed by atoms with van der Waals surface area (Å²) in [5, 5.41) is 14.4. The summed E-state index contributed by atoms with van der Waals surface area (Å²) in [7, 11) is 0. The van der Waals surface area contributed by atoms with E-state index in [-0.39, 0.29) is 11.4 Å². The number of urea groups is 1. The van der Waals surface area contributed by atoms with E-state index in [4.69, 9.17) is 0 Å². The Hall–Kier alpha value is -2.70. The van der Waals surface area contributed by atoms with Gasteiger partial charge in [0.1, 0.15) is 5.75 Å². The molecule has 0 aromatic heterocycles. The molecule has 0 spiro atoms. The Balaban J connectivity index is 2.01. The van der Waals surface area contributed by atoms with Crippen LogP contribution in [0.5, 0.6) is 5.75 Å². The molecule has 2 rings (SSSR count). The van der Waals surface area contributed by atoms with Crippen LogP contribution in [0.2, 0.25) is 0 Å². The second kappa shape index (κ2) is 5.97. The van der Waals surface area contributed by atoms with Crippen molar-refractivity contribution in [3.05, 3.63) is 53.6 Å².